The van der Waals surface area contributed by atoms with E-state index in [1.807, 2.05) is 0 Å². The molecule has 0 amide bonds. The predicted molar refractivity (Wildman–Crippen MR) is 61.7 cm³/mol. The van der Waals surface area contributed by atoms with Crippen molar-refractivity contribution in [3.8, 4) is 5.75 Å². The summed E-state index contributed by atoms with van der Waals surface area (Å²) in [5.74, 6) is -0.781. The number of phenolic OH excluding ortho intramolecular Hbond substituents is 1. The molecule has 0 spiro atoms. The topological polar surface area (TPSA) is 74.6 Å². The average molecular weight is 242 g/mol. The zero-order valence-corrected chi connectivity index (χ0v) is 9.95. The molecular weight excluding hydrogens is 228 g/mol. The van der Waals surface area contributed by atoms with E-state index in [1.54, 1.807) is 12.1 Å². The zero-order chi connectivity index (χ0) is 12.3. The number of carboxylic acid groups (broad SMARTS) is 1. The smallest absolute Gasteiger partial charge is 0.321 e. The van der Waals surface area contributed by atoms with Gasteiger partial charge in [0.1, 0.15) is 10.5 Å². The maximum Gasteiger partial charge on any atom is 0.321 e. The first-order chi connectivity index (χ1) is 7.34. The molecule has 0 aromatic heterocycles. The van der Waals surface area contributed by atoms with Gasteiger partial charge in [-0.2, -0.15) is 0 Å². The molecule has 1 atom stereocenters. The number of phenols is 1. The van der Waals surface area contributed by atoms with Crippen molar-refractivity contribution in [1.29, 1.82) is 0 Å². The van der Waals surface area contributed by atoms with E-state index in [0.717, 1.165) is 5.56 Å². The Morgan fingerprint density at radius 3 is 2.25 bits per heavy atom. The highest BCUT2D eigenvalue weighted by Gasteiger charge is 2.34. The summed E-state index contributed by atoms with van der Waals surface area (Å²) in [5, 5.41) is 18.0. The Bertz CT molecular complexity index is 408. The van der Waals surface area contributed by atoms with Crippen LogP contribution in [0.4, 0.5) is 0 Å². The number of aromatic hydroxyl groups is 1. The molecule has 0 heterocycles. The number of rotatable bonds is 4. The second kappa shape index (κ2) is 4.65. The van der Waals surface area contributed by atoms with Crippen LogP contribution >= 0.6 is 0 Å². The number of aliphatic carboxylic acids is 1. The first kappa shape index (κ1) is 12.7. The van der Waals surface area contributed by atoms with Gasteiger partial charge < -0.3 is 10.2 Å². The van der Waals surface area contributed by atoms with Gasteiger partial charge >= 0.3 is 5.97 Å². The van der Waals surface area contributed by atoms with E-state index < -0.39 is 21.5 Å². The van der Waals surface area contributed by atoms with Crippen molar-refractivity contribution in [3.63, 3.8) is 0 Å². The first-order valence-corrected chi connectivity index (χ1v) is 6.05. The summed E-state index contributed by atoms with van der Waals surface area (Å²) >= 11 is 0. The molecule has 1 aromatic rings. The molecule has 0 fully saturated rings. The minimum atomic E-state index is -1.50. The van der Waals surface area contributed by atoms with Gasteiger partial charge in [-0.3, -0.25) is 9.00 Å². The molecule has 16 heavy (non-hydrogen) atoms. The summed E-state index contributed by atoms with van der Waals surface area (Å²) in [4.78, 5) is 10.9. The Balaban J connectivity index is 2.79. The van der Waals surface area contributed by atoms with Gasteiger partial charge in [-0.25, -0.2) is 0 Å². The fraction of sp³-hybridized carbons (Fsp3) is 0.364. The van der Waals surface area contributed by atoms with Gasteiger partial charge in [0.05, 0.1) is 0 Å². The molecule has 0 bridgehead atoms. The molecular formula is C11H14O4S. The lowest BCUT2D eigenvalue weighted by Crippen LogP contribution is -2.37. The largest absolute Gasteiger partial charge is 0.508 e. The molecule has 0 aliphatic rings. The Kier molecular flexibility index (Phi) is 3.70. The maximum absolute atomic E-state index is 11.8. The predicted octanol–water partition coefficient (Wildman–Crippen LogP) is 1.50. The summed E-state index contributed by atoms with van der Waals surface area (Å²) < 4.78 is 10.6. The molecule has 1 rings (SSSR count). The Labute approximate surface area is 96.4 Å². The van der Waals surface area contributed by atoms with Crippen molar-refractivity contribution >= 4 is 16.8 Å². The molecule has 0 aliphatic carbocycles. The van der Waals surface area contributed by atoms with Crippen LogP contribution in [0.15, 0.2) is 24.3 Å². The van der Waals surface area contributed by atoms with E-state index in [2.05, 4.69) is 0 Å². The summed E-state index contributed by atoms with van der Waals surface area (Å²) in [5.41, 5.74) is 0.741. The SMILES string of the molecule is CC(C)(C(=O)O)S(=O)Cc1ccc(O)cc1. The van der Waals surface area contributed by atoms with Crippen LogP contribution in [0.5, 0.6) is 5.75 Å². The molecule has 4 nitrogen and oxygen atoms in total. The zero-order valence-electron chi connectivity index (χ0n) is 9.14. The number of benzene rings is 1. The minimum Gasteiger partial charge on any atom is -0.508 e. The fourth-order valence-corrected chi connectivity index (χ4v) is 2.07. The monoisotopic (exact) mass is 242 g/mol. The van der Waals surface area contributed by atoms with Crippen LogP contribution in [0, 0.1) is 0 Å². The van der Waals surface area contributed by atoms with Crippen molar-refractivity contribution in [2.24, 2.45) is 0 Å². The van der Waals surface area contributed by atoms with Crippen LogP contribution < -0.4 is 0 Å². The molecule has 0 aliphatic heterocycles. The van der Waals surface area contributed by atoms with Crippen LogP contribution in [-0.4, -0.2) is 25.1 Å². The second-order valence-corrected chi connectivity index (χ2v) is 5.97. The highest BCUT2D eigenvalue weighted by Crippen LogP contribution is 2.19. The van der Waals surface area contributed by atoms with Crippen LogP contribution in [0.2, 0.25) is 0 Å². The van der Waals surface area contributed by atoms with Crippen molar-refractivity contribution < 1.29 is 19.2 Å². The quantitative estimate of drug-likeness (QED) is 0.839. The van der Waals surface area contributed by atoms with Gasteiger partial charge in [0.15, 0.2) is 0 Å². The van der Waals surface area contributed by atoms with Gasteiger partial charge in [0, 0.05) is 16.6 Å². The Hall–Kier alpha value is -1.36. The number of carbonyl (C=O) groups is 1. The number of carboxylic acids is 1. The van der Waals surface area contributed by atoms with Crippen molar-refractivity contribution in [2.45, 2.75) is 24.3 Å². The number of hydrogen-bond acceptors (Lipinski definition) is 3. The van der Waals surface area contributed by atoms with E-state index in [4.69, 9.17) is 10.2 Å². The molecule has 2 N–H and O–H groups in total. The molecule has 0 radical (unpaired) electrons. The Morgan fingerprint density at radius 1 is 1.31 bits per heavy atom. The van der Waals surface area contributed by atoms with Crippen molar-refractivity contribution in [1.82, 2.24) is 0 Å². The van der Waals surface area contributed by atoms with Gasteiger partial charge in [-0.1, -0.05) is 12.1 Å². The van der Waals surface area contributed by atoms with Crippen molar-refractivity contribution in [3.05, 3.63) is 29.8 Å². The standard InChI is InChI=1S/C11H14O4S/c1-11(2,10(13)14)16(15)7-8-3-5-9(12)6-4-8/h3-6,12H,7H2,1-2H3,(H,13,14). The van der Waals surface area contributed by atoms with Gasteiger partial charge in [-0.15, -0.1) is 0 Å². The van der Waals surface area contributed by atoms with E-state index in [9.17, 15) is 9.00 Å². The second-order valence-electron chi connectivity index (χ2n) is 3.97. The first-order valence-electron chi connectivity index (χ1n) is 4.74. The maximum atomic E-state index is 11.8. The van der Waals surface area contributed by atoms with Gasteiger partial charge in [-0.05, 0) is 31.5 Å². The van der Waals surface area contributed by atoms with Crippen LogP contribution in [0.3, 0.4) is 0 Å². The fourth-order valence-electron chi connectivity index (χ4n) is 1.02. The van der Waals surface area contributed by atoms with Crippen LogP contribution in [0.25, 0.3) is 0 Å². The molecule has 1 aromatic carbocycles. The molecule has 88 valence electrons. The highest BCUT2D eigenvalue weighted by molar-refractivity contribution is 7.86. The Morgan fingerprint density at radius 2 is 1.81 bits per heavy atom. The van der Waals surface area contributed by atoms with E-state index >= 15 is 0 Å². The molecule has 1 unspecified atom stereocenters. The minimum absolute atomic E-state index is 0.132. The summed E-state index contributed by atoms with van der Waals surface area (Å²) in [7, 11) is -1.50. The third-order valence-corrected chi connectivity index (χ3v) is 4.23. The lowest BCUT2D eigenvalue weighted by atomic mass is 10.2. The summed E-state index contributed by atoms with van der Waals surface area (Å²) in [6, 6.07) is 6.23. The van der Waals surface area contributed by atoms with Gasteiger partial charge in [0.25, 0.3) is 0 Å². The third kappa shape index (κ3) is 2.82. The third-order valence-electron chi connectivity index (χ3n) is 2.32. The lowest BCUT2D eigenvalue weighted by Gasteiger charge is -2.18. The number of hydrogen-bond donors (Lipinski definition) is 2. The molecule has 0 saturated heterocycles. The summed E-state index contributed by atoms with van der Waals surface area (Å²) in [6.45, 7) is 2.87. The van der Waals surface area contributed by atoms with Crippen LogP contribution in [0.1, 0.15) is 19.4 Å². The van der Waals surface area contributed by atoms with Crippen LogP contribution in [-0.2, 0) is 21.3 Å². The normalized spacial score (nSPS) is 13.4. The van der Waals surface area contributed by atoms with E-state index in [1.165, 1.54) is 26.0 Å². The molecule has 0 saturated carbocycles. The van der Waals surface area contributed by atoms with E-state index in [0.29, 0.717) is 0 Å². The van der Waals surface area contributed by atoms with Crippen molar-refractivity contribution in [2.75, 3.05) is 0 Å². The highest BCUT2D eigenvalue weighted by atomic mass is 32.2. The van der Waals surface area contributed by atoms with E-state index in [-0.39, 0.29) is 11.5 Å². The average Bonchev–Trinajstić information content (AvgIpc) is 2.21. The lowest BCUT2D eigenvalue weighted by molar-refractivity contribution is -0.139. The summed E-state index contributed by atoms with van der Waals surface area (Å²) in [6.07, 6.45) is 0. The molecule has 5 heteroatoms. The van der Waals surface area contributed by atoms with Gasteiger partial charge in [0.2, 0.25) is 0 Å².